The fourth-order valence-electron chi connectivity index (χ4n) is 1.39. The van der Waals surface area contributed by atoms with Crippen molar-refractivity contribution in [2.75, 3.05) is 0 Å². The lowest BCUT2D eigenvalue weighted by Crippen LogP contribution is -1.92. The number of fused-ring (bicyclic) bond motifs is 1. The number of hydrogen-bond acceptors (Lipinski definition) is 1. The van der Waals surface area contributed by atoms with E-state index in [9.17, 15) is 0 Å². The van der Waals surface area contributed by atoms with Gasteiger partial charge in [0.15, 0.2) is 4.73 Å². The summed E-state index contributed by atoms with van der Waals surface area (Å²) in [6.07, 6.45) is 0. The standard InChI is InChI=1S/C9H8BrClN2/c1-2-13-7-5-3-4-6(11)8(7)12-9(13)10/h3-5H,2H2,1H3. The van der Waals surface area contributed by atoms with Crippen LogP contribution in [0.2, 0.25) is 5.02 Å². The van der Waals surface area contributed by atoms with Crippen LogP contribution in [0.3, 0.4) is 0 Å². The summed E-state index contributed by atoms with van der Waals surface area (Å²) in [4.78, 5) is 4.33. The van der Waals surface area contributed by atoms with E-state index in [0.29, 0.717) is 5.02 Å². The molecule has 2 aromatic rings. The molecule has 0 saturated carbocycles. The molecule has 0 amide bonds. The van der Waals surface area contributed by atoms with Crippen molar-refractivity contribution in [3.8, 4) is 0 Å². The molecule has 0 spiro atoms. The van der Waals surface area contributed by atoms with E-state index in [-0.39, 0.29) is 0 Å². The molecule has 0 radical (unpaired) electrons. The quantitative estimate of drug-likeness (QED) is 0.767. The zero-order chi connectivity index (χ0) is 9.42. The fourth-order valence-corrected chi connectivity index (χ4v) is 2.22. The highest BCUT2D eigenvalue weighted by atomic mass is 79.9. The zero-order valence-corrected chi connectivity index (χ0v) is 9.43. The van der Waals surface area contributed by atoms with Crippen LogP contribution in [0.5, 0.6) is 0 Å². The molecule has 2 nitrogen and oxygen atoms in total. The van der Waals surface area contributed by atoms with Crippen molar-refractivity contribution in [1.29, 1.82) is 0 Å². The highest BCUT2D eigenvalue weighted by Crippen LogP contribution is 2.25. The van der Waals surface area contributed by atoms with Crippen LogP contribution in [0.15, 0.2) is 22.9 Å². The molecule has 0 bridgehead atoms. The summed E-state index contributed by atoms with van der Waals surface area (Å²) in [5.41, 5.74) is 1.93. The third kappa shape index (κ3) is 1.36. The number of nitrogens with zero attached hydrogens (tertiary/aromatic N) is 2. The molecule has 0 saturated heterocycles. The molecule has 2 rings (SSSR count). The number of imidazole rings is 1. The van der Waals surface area contributed by atoms with Crippen LogP contribution in [-0.2, 0) is 6.54 Å². The van der Waals surface area contributed by atoms with E-state index in [4.69, 9.17) is 11.6 Å². The lowest BCUT2D eigenvalue weighted by molar-refractivity contribution is 0.765. The smallest absolute Gasteiger partial charge is 0.178 e. The number of aryl methyl sites for hydroxylation is 1. The lowest BCUT2D eigenvalue weighted by atomic mass is 10.3. The Morgan fingerprint density at radius 1 is 1.54 bits per heavy atom. The molecular formula is C9H8BrClN2. The number of para-hydroxylation sites is 1. The number of aromatic nitrogens is 2. The molecular weight excluding hydrogens is 251 g/mol. The SMILES string of the molecule is CCn1c(Br)nc2c(Cl)cccc21. The van der Waals surface area contributed by atoms with Gasteiger partial charge in [-0.15, -0.1) is 0 Å². The highest BCUT2D eigenvalue weighted by Gasteiger charge is 2.08. The second-order valence-electron chi connectivity index (χ2n) is 2.73. The fraction of sp³-hybridized carbons (Fsp3) is 0.222. The largest absolute Gasteiger partial charge is 0.319 e. The van der Waals surface area contributed by atoms with Gasteiger partial charge >= 0.3 is 0 Å². The Morgan fingerprint density at radius 2 is 2.31 bits per heavy atom. The molecule has 0 N–H and O–H groups in total. The van der Waals surface area contributed by atoms with Gasteiger partial charge in [-0.05, 0) is 35.0 Å². The maximum Gasteiger partial charge on any atom is 0.178 e. The number of hydrogen-bond donors (Lipinski definition) is 0. The Labute approximate surface area is 89.7 Å². The second kappa shape index (κ2) is 3.31. The van der Waals surface area contributed by atoms with Gasteiger partial charge in [-0.1, -0.05) is 17.7 Å². The summed E-state index contributed by atoms with van der Waals surface area (Å²) in [6.45, 7) is 2.96. The monoisotopic (exact) mass is 258 g/mol. The zero-order valence-electron chi connectivity index (χ0n) is 7.09. The van der Waals surface area contributed by atoms with Crippen LogP contribution < -0.4 is 0 Å². The molecule has 1 aromatic heterocycles. The highest BCUT2D eigenvalue weighted by molar-refractivity contribution is 9.10. The van der Waals surface area contributed by atoms with Crippen LogP contribution in [-0.4, -0.2) is 9.55 Å². The average molecular weight is 260 g/mol. The van der Waals surface area contributed by atoms with Crippen LogP contribution in [0.1, 0.15) is 6.92 Å². The normalized spacial score (nSPS) is 11.0. The van der Waals surface area contributed by atoms with Gasteiger partial charge in [-0.2, -0.15) is 0 Å². The van der Waals surface area contributed by atoms with E-state index in [2.05, 4.69) is 32.4 Å². The van der Waals surface area contributed by atoms with E-state index in [1.165, 1.54) is 0 Å². The first-order valence-corrected chi connectivity index (χ1v) is 5.21. The molecule has 0 aliphatic carbocycles. The summed E-state index contributed by atoms with van der Waals surface area (Å²) in [5.74, 6) is 0. The van der Waals surface area contributed by atoms with Gasteiger partial charge in [0.2, 0.25) is 0 Å². The molecule has 0 atom stereocenters. The Hall–Kier alpha value is -0.540. The maximum absolute atomic E-state index is 6.00. The molecule has 13 heavy (non-hydrogen) atoms. The van der Waals surface area contributed by atoms with Gasteiger partial charge in [0, 0.05) is 6.54 Å². The molecule has 4 heteroatoms. The van der Waals surface area contributed by atoms with Gasteiger partial charge < -0.3 is 4.57 Å². The van der Waals surface area contributed by atoms with E-state index in [1.54, 1.807) is 0 Å². The van der Waals surface area contributed by atoms with Crippen molar-refractivity contribution < 1.29 is 0 Å². The van der Waals surface area contributed by atoms with Gasteiger partial charge in [0.05, 0.1) is 10.5 Å². The van der Waals surface area contributed by atoms with Gasteiger partial charge in [-0.25, -0.2) is 4.98 Å². The Morgan fingerprint density at radius 3 is 3.00 bits per heavy atom. The van der Waals surface area contributed by atoms with Crippen LogP contribution >= 0.6 is 27.5 Å². The van der Waals surface area contributed by atoms with E-state index in [1.807, 2.05) is 18.2 Å². The lowest BCUT2D eigenvalue weighted by Gasteiger charge is -1.99. The first-order chi connectivity index (χ1) is 6.24. The third-order valence-electron chi connectivity index (χ3n) is 2.00. The summed E-state index contributed by atoms with van der Waals surface area (Å²) >= 11 is 9.40. The first kappa shape index (κ1) is 9.03. The van der Waals surface area contributed by atoms with Crippen LogP contribution in [0, 0.1) is 0 Å². The molecule has 1 aromatic carbocycles. The molecule has 0 aliphatic rings. The van der Waals surface area contributed by atoms with Crippen LogP contribution in [0.4, 0.5) is 0 Å². The minimum atomic E-state index is 0.699. The van der Waals surface area contributed by atoms with E-state index in [0.717, 1.165) is 22.3 Å². The summed E-state index contributed by atoms with van der Waals surface area (Å²) < 4.78 is 2.90. The predicted molar refractivity (Wildman–Crippen MR) is 58.1 cm³/mol. The average Bonchev–Trinajstić information content (AvgIpc) is 2.43. The van der Waals surface area contributed by atoms with Crippen molar-refractivity contribution in [1.82, 2.24) is 9.55 Å². The van der Waals surface area contributed by atoms with Crippen molar-refractivity contribution in [2.45, 2.75) is 13.5 Å². The van der Waals surface area contributed by atoms with E-state index < -0.39 is 0 Å². The van der Waals surface area contributed by atoms with Gasteiger partial charge in [0.25, 0.3) is 0 Å². The third-order valence-corrected chi connectivity index (χ3v) is 2.91. The number of benzene rings is 1. The summed E-state index contributed by atoms with van der Waals surface area (Å²) in [7, 11) is 0. The first-order valence-electron chi connectivity index (χ1n) is 4.04. The minimum Gasteiger partial charge on any atom is -0.319 e. The van der Waals surface area contributed by atoms with Crippen molar-refractivity contribution in [3.05, 3.63) is 28.0 Å². The molecule has 0 unspecified atom stereocenters. The molecule has 0 fully saturated rings. The second-order valence-corrected chi connectivity index (χ2v) is 3.85. The number of rotatable bonds is 1. The Kier molecular flexibility index (Phi) is 2.30. The molecule has 0 aliphatic heterocycles. The molecule has 1 heterocycles. The number of halogens is 2. The van der Waals surface area contributed by atoms with Crippen molar-refractivity contribution >= 4 is 38.6 Å². The topological polar surface area (TPSA) is 17.8 Å². The maximum atomic E-state index is 6.00. The van der Waals surface area contributed by atoms with Crippen LogP contribution in [0.25, 0.3) is 11.0 Å². The van der Waals surface area contributed by atoms with E-state index >= 15 is 0 Å². The van der Waals surface area contributed by atoms with Gasteiger partial charge in [0.1, 0.15) is 5.52 Å². The Balaban J connectivity index is 2.86. The summed E-state index contributed by atoms with van der Waals surface area (Å²) in [6, 6.07) is 5.80. The van der Waals surface area contributed by atoms with Gasteiger partial charge in [-0.3, -0.25) is 0 Å². The van der Waals surface area contributed by atoms with Crippen molar-refractivity contribution in [2.24, 2.45) is 0 Å². The summed E-state index contributed by atoms with van der Waals surface area (Å²) in [5, 5.41) is 0.699. The Bertz CT molecular complexity index is 450. The van der Waals surface area contributed by atoms with Crippen molar-refractivity contribution in [3.63, 3.8) is 0 Å². The molecule has 68 valence electrons. The predicted octanol–water partition coefficient (Wildman–Crippen LogP) is 3.47. The minimum absolute atomic E-state index is 0.699.